The number of anilines is 1. The lowest BCUT2D eigenvalue weighted by Gasteiger charge is -2.23. The molecule has 3 aromatic rings. The Labute approximate surface area is 163 Å². The summed E-state index contributed by atoms with van der Waals surface area (Å²) in [7, 11) is 0. The molecule has 1 amide bonds. The van der Waals surface area contributed by atoms with Crippen LogP contribution in [0.2, 0.25) is 0 Å². The Kier molecular flexibility index (Phi) is 4.95. The fourth-order valence-corrected chi connectivity index (χ4v) is 3.51. The zero-order valence-electron chi connectivity index (χ0n) is 16.3. The van der Waals surface area contributed by atoms with E-state index in [0.29, 0.717) is 17.3 Å². The summed E-state index contributed by atoms with van der Waals surface area (Å²) in [5, 5.41) is 14.7. The average Bonchev–Trinajstić information content (AvgIpc) is 3.30. The fraction of sp³-hybridized carbons (Fsp3) is 0.400. The number of carbonyl (C=O) groups excluding carboxylic acids is 1. The monoisotopic (exact) mass is 380 g/mol. The minimum atomic E-state index is -0.262. The van der Waals surface area contributed by atoms with Crippen molar-refractivity contribution < 1.29 is 9.21 Å². The molecule has 2 N–H and O–H groups in total. The standard InChI is InChI=1S/C20H24N6O2/c1-12-4-5-15(20-22-13(2)11-28-20)10-17(12)23-19(27)18-14(3)26(25-24-18)16-6-8-21-9-7-16/h4-5,10-11,16,21H,6-9H2,1-3H3,(H,23,27). The molecule has 0 radical (unpaired) electrons. The Bertz CT molecular complexity index is 1000. The second-order valence-electron chi connectivity index (χ2n) is 7.23. The highest BCUT2D eigenvalue weighted by Crippen LogP contribution is 2.26. The maximum atomic E-state index is 12.9. The normalized spacial score (nSPS) is 15.0. The number of rotatable bonds is 4. The maximum Gasteiger partial charge on any atom is 0.278 e. The minimum Gasteiger partial charge on any atom is -0.444 e. The summed E-state index contributed by atoms with van der Waals surface area (Å²) < 4.78 is 7.35. The van der Waals surface area contributed by atoms with Gasteiger partial charge in [0.05, 0.1) is 17.4 Å². The molecule has 0 aliphatic carbocycles. The highest BCUT2D eigenvalue weighted by atomic mass is 16.3. The van der Waals surface area contributed by atoms with Crippen molar-refractivity contribution in [1.82, 2.24) is 25.3 Å². The van der Waals surface area contributed by atoms with Gasteiger partial charge in [0, 0.05) is 11.3 Å². The van der Waals surface area contributed by atoms with Gasteiger partial charge in [0.2, 0.25) is 5.89 Å². The summed E-state index contributed by atoms with van der Waals surface area (Å²) >= 11 is 0. The van der Waals surface area contributed by atoms with Crippen LogP contribution in [0.4, 0.5) is 5.69 Å². The van der Waals surface area contributed by atoms with Gasteiger partial charge in [-0.05, 0) is 64.4 Å². The van der Waals surface area contributed by atoms with Crippen molar-refractivity contribution in [3.05, 3.63) is 47.1 Å². The van der Waals surface area contributed by atoms with Crippen LogP contribution in [-0.4, -0.2) is 39.0 Å². The van der Waals surface area contributed by atoms with Gasteiger partial charge in [0.1, 0.15) is 6.26 Å². The van der Waals surface area contributed by atoms with Gasteiger partial charge in [-0.3, -0.25) is 4.79 Å². The summed E-state index contributed by atoms with van der Waals surface area (Å²) in [5.74, 6) is 0.266. The number of aromatic nitrogens is 4. The molecule has 1 fully saturated rings. The summed E-state index contributed by atoms with van der Waals surface area (Å²) in [6.07, 6.45) is 3.58. The van der Waals surface area contributed by atoms with Gasteiger partial charge in [-0.15, -0.1) is 5.10 Å². The summed E-state index contributed by atoms with van der Waals surface area (Å²) in [6.45, 7) is 7.63. The highest BCUT2D eigenvalue weighted by Gasteiger charge is 2.23. The van der Waals surface area contributed by atoms with Gasteiger partial charge < -0.3 is 15.1 Å². The molecule has 0 atom stereocenters. The third kappa shape index (κ3) is 3.55. The number of piperidine rings is 1. The van der Waals surface area contributed by atoms with E-state index >= 15 is 0 Å². The maximum absolute atomic E-state index is 12.9. The van der Waals surface area contributed by atoms with Gasteiger partial charge in [-0.25, -0.2) is 9.67 Å². The summed E-state index contributed by atoms with van der Waals surface area (Å²) in [4.78, 5) is 17.2. The van der Waals surface area contributed by atoms with E-state index < -0.39 is 0 Å². The molecule has 8 heteroatoms. The number of hydrogen-bond donors (Lipinski definition) is 2. The Hall–Kier alpha value is -3.00. The van der Waals surface area contributed by atoms with E-state index in [1.165, 1.54) is 0 Å². The van der Waals surface area contributed by atoms with Crippen molar-refractivity contribution in [2.24, 2.45) is 0 Å². The van der Waals surface area contributed by atoms with Crippen LogP contribution in [0.15, 0.2) is 28.9 Å². The molecule has 8 nitrogen and oxygen atoms in total. The predicted octanol–water partition coefficient (Wildman–Crippen LogP) is 3.04. The quantitative estimate of drug-likeness (QED) is 0.722. The van der Waals surface area contributed by atoms with Crippen molar-refractivity contribution in [3.8, 4) is 11.5 Å². The first kappa shape index (κ1) is 18.4. The van der Waals surface area contributed by atoms with Crippen LogP contribution in [0, 0.1) is 20.8 Å². The molecule has 1 aliphatic rings. The number of amides is 1. The zero-order valence-corrected chi connectivity index (χ0v) is 16.3. The van der Waals surface area contributed by atoms with Crippen molar-refractivity contribution in [2.45, 2.75) is 39.7 Å². The molecule has 146 valence electrons. The number of benzene rings is 1. The van der Waals surface area contributed by atoms with E-state index in [1.54, 1.807) is 6.26 Å². The van der Waals surface area contributed by atoms with E-state index in [4.69, 9.17) is 4.42 Å². The van der Waals surface area contributed by atoms with E-state index in [2.05, 4.69) is 25.9 Å². The average molecular weight is 380 g/mol. The fourth-order valence-electron chi connectivity index (χ4n) is 3.51. The number of oxazole rings is 1. The molecule has 28 heavy (non-hydrogen) atoms. The van der Waals surface area contributed by atoms with Crippen LogP contribution in [0.3, 0.4) is 0 Å². The number of nitrogens with one attached hydrogen (secondary N) is 2. The number of hydrogen-bond acceptors (Lipinski definition) is 6. The van der Waals surface area contributed by atoms with Crippen LogP contribution in [0.1, 0.15) is 46.3 Å². The minimum absolute atomic E-state index is 0.262. The lowest BCUT2D eigenvalue weighted by atomic mass is 10.1. The van der Waals surface area contributed by atoms with Gasteiger partial charge in [-0.2, -0.15) is 0 Å². The number of carbonyl (C=O) groups is 1. The Balaban J connectivity index is 1.56. The lowest BCUT2D eigenvalue weighted by Crippen LogP contribution is -2.30. The number of nitrogens with zero attached hydrogens (tertiary/aromatic N) is 4. The van der Waals surface area contributed by atoms with Crippen molar-refractivity contribution >= 4 is 11.6 Å². The molecule has 2 aromatic heterocycles. The predicted molar refractivity (Wildman–Crippen MR) is 105 cm³/mol. The van der Waals surface area contributed by atoms with Crippen LogP contribution >= 0.6 is 0 Å². The molecule has 0 saturated carbocycles. The summed E-state index contributed by atoms with van der Waals surface area (Å²) in [5.41, 5.74) is 4.42. The van der Waals surface area contributed by atoms with Crippen molar-refractivity contribution in [1.29, 1.82) is 0 Å². The third-order valence-electron chi connectivity index (χ3n) is 5.15. The SMILES string of the molecule is Cc1coc(-c2ccc(C)c(NC(=O)c3nnn(C4CCNCC4)c3C)c2)n1. The first-order valence-corrected chi connectivity index (χ1v) is 9.50. The topological polar surface area (TPSA) is 97.9 Å². The Morgan fingerprint density at radius 1 is 1.25 bits per heavy atom. The Morgan fingerprint density at radius 2 is 2.04 bits per heavy atom. The van der Waals surface area contributed by atoms with E-state index in [-0.39, 0.29) is 11.9 Å². The van der Waals surface area contributed by atoms with Crippen LogP contribution < -0.4 is 10.6 Å². The van der Waals surface area contributed by atoms with Crippen LogP contribution in [0.25, 0.3) is 11.5 Å². The van der Waals surface area contributed by atoms with Gasteiger partial charge in [0.25, 0.3) is 5.91 Å². The molecular weight excluding hydrogens is 356 g/mol. The van der Waals surface area contributed by atoms with E-state index in [9.17, 15) is 4.79 Å². The second kappa shape index (κ2) is 7.55. The lowest BCUT2D eigenvalue weighted by molar-refractivity contribution is 0.102. The zero-order chi connectivity index (χ0) is 19.7. The van der Waals surface area contributed by atoms with E-state index in [1.807, 2.05) is 43.7 Å². The summed E-state index contributed by atoms with van der Waals surface area (Å²) in [6, 6.07) is 6.01. The largest absolute Gasteiger partial charge is 0.444 e. The molecule has 3 heterocycles. The first-order chi connectivity index (χ1) is 13.5. The molecule has 4 rings (SSSR count). The van der Waals surface area contributed by atoms with Crippen molar-refractivity contribution in [3.63, 3.8) is 0 Å². The van der Waals surface area contributed by atoms with Gasteiger partial charge in [0.15, 0.2) is 5.69 Å². The van der Waals surface area contributed by atoms with E-state index in [0.717, 1.165) is 48.4 Å². The molecule has 1 aliphatic heterocycles. The van der Waals surface area contributed by atoms with Crippen LogP contribution in [-0.2, 0) is 0 Å². The first-order valence-electron chi connectivity index (χ1n) is 9.50. The molecule has 1 saturated heterocycles. The third-order valence-corrected chi connectivity index (χ3v) is 5.15. The number of aryl methyl sites for hydroxylation is 2. The molecular formula is C20H24N6O2. The smallest absolute Gasteiger partial charge is 0.278 e. The molecule has 0 bridgehead atoms. The molecule has 0 unspecified atom stereocenters. The molecule has 0 spiro atoms. The van der Waals surface area contributed by atoms with Crippen molar-refractivity contribution in [2.75, 3.05) is 18.4 Å². The Morgan fingerprint density at radius 3 is 2.75 bits per heavy atom. The highest BCUT2D eigenvalue weighted by molar-refractivity contribution is 6.04. The second-order valence-corrected chi connectivity index (χ2v) is 7.23. The van der Waals surface area contributed by atoms with Gasteiger partial charge >= 0.3 is 0 Å². The molecule has 1 aromatic carbocycles. The van der Waals surface area contributed by atoms with Gasteiger partial charge in [-0.1, -0.05) is 11.3 Å². The van der Waals surface area contributed by atoms with Crippen LogP contribution in [0.5, 0.6) is 0 Å².